The fourth-order valence-corrected chi connectivity index (χ4v) is 5.59. The number of hydrogen-bond donors (Lipinski definition) is 2. The fraction of sp³-hybridized carbons (Fsp3) is 0.303. The summed E-state index contributed by atoms with van der Waals surface area (Å²) in [5.74, 6) is -0.359. The van der Waals surface area contributed by atoms with Crippen LogP contribution in [0.2, 0.25) is 0 Å². The van der Waals surface area contributed by atoms with Crippen molar-refractivity contribution in [3.63, 3.8) is 0 Å². The third-order valence-corrected chi connectivity index (χ3v) is 8.04. The van der Waals surface area contributed by atoms with E-state index in [1.807, 2.05) is 36.5 Å². The average Bonchev–Trinajstić information content (AvgIpc) is 3.48. The second-order valence-electron chi connectivity index (χ2n) is 11.2. The number of ether oxygens (including phenoxy) is 1. The number of nitrogens with one attached hydrogen (secondary N) is 2. The van der Waals surface area contributed by atoms with Gasteiger partial charge >= 0.3 is 0 Å². The molecule has 44 heavy (non-hydrogen) atoms. The summed E-state index contributed by atoms with van der Waals surface area (Å²) in [7, 11) is 1.76. The van der Waals surface area contributed by atoms with Crippen molar-refractivity contribution in [3.05, 3.63) is 84.5 Å². The van der Waals surface area contributed by atoms with Gasteiger partial charge < -0.3 is 20.3 Å². The summed E-state index contributed by atoms with van der Waals surface area (Å²) in [6.07, 6.45) is 5.71. The monoisotopic (exact) mass is 594 g/mol. The van der Waals surface area contributed by atoms with Crippen molar-refractivity contribution in [2.75, 3.05) is 35.7 Å². The molecule has 11 heteroatoms. The summed E-state index contributed by atoms with van der Waals surface area (Å²) in [4.78, 5) is 28.6. The molecule has 0 spiro atoms. The van der Waals surface area contributed by atoms with E-state index in [0.717, 1.165) is 64.7 Å². The van der Waals surface area contributed by atoms with Gasteiger partial charge in [0.1, 0.15) is 0 Å². The zero-order valence-electron chi connectivity index (χ0n) is 25.0. The molecule has 1 aliphatic rings. The van der Waals surface area contributed by atoms with Crippen LogP contribution in [-0.2, 0) is 16.1 Å². The molecular formula is C33H35FN8O2. The molecule has 1 amide bonds. The number of carbonyl (C=O) groups excluding carboxylic acids is 1. The average molecular weight is 595 g/mol. The minimum Gasteiger partial charge on any atom is -0.381 e. The largest absolute Gasteiger partial charge is 0.381 e. The summed E-state index contributed by atoms with van der Waals surface area (Å²) < 4.78 is 20.6. The standard InChI is InChI=1S/C33H35FN8O2/c1-20(2)28-19-37-42-30(28)39-33(41-15-12-25(44-4)13-16-41)40-32(42)36-18-23-7-5-6-8-26(23)29-27-10-9-24(38-31(43)21(3)34)17-22(27)11-14-35-29/h5-11,14,17,19-20,25H,3,12-13,15-16,18H2,1-2,4H3,(H,38,43)(H,36,39,40). The van der Waals surface area contributed by atoms with Crippen LogP contribution in [-0.4, -0.2) is 56.8 Å². The van der Waals surface area contributed by atoms with Crippen molar-refractivity contribution in [3.8, 4) is 11.3 Å². The van der Waals surface area contributed by atoms with E-state index in [2.05, 4.69) is 47.1 Å². The first kappa shape index (κ1) is 29.2. The molecule has 0 bridgehead atoms. The summed E-state index contributed by atoms with van der Waals surface area (Å²) in [5.41, 5.74) is 5.10. The fourth-order valence-electron chi connectivity index (χ4n) is 5.59. The number of anilines is 3. The van der Waals surface area contributed by atoms with Gasteiger partial charge in [-0.1, -0.05) is 50.8 Å². The summed E-state index contributed by atoms with van der Waals surface area (Å²) >= 11 is 0. The van der Waals surface area contributed by atoms with E-state index in [0.29, 0.717) is 24.1 Å². The highest BCUT2D eigenvalue weighted by atomic mass is 19.1. The van der Waals surface area contributed by atoms with Crippen molar-refractivity contribution in [2.45, 2.75) is 45.3 Å². The molecule has 4 heterocycles. The van der Waals surface area contributed by atoms with E-state index in [1.165, 1.54) is 0 Å². The zero-order chi connectivity index (χ0) is 30.8. The summed E-state index contributed by atoms with van der Waals surface area (Å²) in [6.45, 7) is 9.45. The minimum atomic E-state index is -1.04. The molecule has 2 aromatic carbocycles. The lowest BCUT2D eigenvalue weighted by atomic mass is 9.99. The summed E-state index contributed by atoms with van der Waals surface area (Å²) in [5, 5.41) is 12.5. The maximum absolute atomic E-state index is 13.2. The normalized spacial score (nSPS) is 14.0. The lowest BCUT2D eigenvalue weighted by Crippen LogP contribution is -2.37. The van der Waals surface area contributed by atoms with Crippen LogP contribution >= 0.6 is 0 Å². The number of pyridine rings is 1. The Balaban J connectivity index is 1.32. The molecule has 1 aliphatic heterocycles. The molecule has 5 aromatic rings. The molecule has 226 valence electrons. The van der Waals surface area contributed by atoms with Gasteiger partial charge in [0, 0.05) is 55.1 Å². The third kappa shape index (κ3) is 5.83. The number of nitrogens with zero attached hydrogens (tertiary/aromatic N) is 6. The van der Waals surface area contributed by atoms with Gasteiger partial charge in [0.05, 0.1) is 18.0 Å². The molecule has 10 nitrogen and oxygen atoms in total. The highest BCUT2D eigenvalue weighted by Gasteiger charge is 2.23. The van der Waals surface area contributed by atoms with Crippen molar-refractivity contribution in [2.24, 2.45) is 0 Å². The van der Waals surface area contributed by atoms with Gasteiger partial charge in [0.2, 0.25) is 11.9 Å². The van der Waals surface area contributed by atoms with Gasteiger partial charge in [0.15, 0.2) is 11.5 Å². The van der Waals surface area contributed by atoms with Crippen LogP contribution in [0, 0.1) is 0 Å². The molecule has 6 rings (SSSR count). The predicted octanol–water partition coefficient (Wildman–Crippen LogP) is 6.11. The molecule has 1 saturated heterocycles. The number of amides is 1. The van der Waals surface area contributed by atoms with Gasteiger partial charge in [-0.2, -0.15) is 19.6 Å². The Hall–Kier alpha value is -4.90. The molecule has 0 radical (unpaired) electrons. The number of rotatable bonds is 9. The Morgan fingerprint density at radius 1 is 1.14 bits per heavy atom. The smallest absolute Gasteiger partial charge is 0.283 e. The third-order valence-electron chi connectivity index (χ3n) is 8.04. The van der Waals surface area contributed by atoms with Gasteiger partial charge in [0.25, 0.3) is 5.91 Å². The second kappa shape index (κ2) is 12.4. The first-order valence-corrected chi connectivity index (χ1v) is 14.7. The topological polar surface area (TPSA) is 110 Å². The molecule has 3 aromatic heterocycles. The van der Waals surface area contributed by atoms with E-state index >= 15 is 0 Å². The van der Waals surface area contributed by atoms with Crippen LogP contribution in [0.1, 0.15) is 43.7 Å². The summed E-state index contributed by atoms with van der Waals surface area (Å²) in [6, 6.07) is 15.3. The van der Waals surface area contributed by atoms with Crippen LogP contribution in [0.4, 0.5) is 22.0 Å². The van der Waals surface area contributed by atoms with Crippen LogP contribution < -0.4 is 15.5 Å². The highest BCUT2D eigenvalue weighted by Crippen LogP contribution is 2.32. The van der Waals surface area contributed by atoms with Crippen LogP contribution in [0.3, 0.4) is 0 Å². The maximum atomic E-state index is 13.2. The van der Waals surface area contributed by atoms with Crippen molar-refractivity contribution >= 4 is 39.9 Å². The SMILES string of the molecule is C=C(F)C(=O)Nc1ccc2c(-c3ccccc3CNc3nc(N4CCC(OC)CC4)nc4c(C(C)C)cnn34)nccc2c1. The van der Waals surface area contributed by atoms with Crippen molar-refractivity contribution in [1.29, 1.82) is 0 Å². The molecule has 2 N–H and O–H groups in total. The molecule has 1 fully saturated rings. The lowest BCUT2D eigenvalue weighted by Gasteiger charge is -2.31. The Morgan fingerprint density at radius 2 is 1.93 bits per heavy atom. The Labute approximate surface area is 255 Å². The van der Waals surface area contributed by atoms with E-state index < -0.39 is 11.7 Å². The van der Waals surface area contributed by atoms with Gasteiger partial charge in [-0.25, -0.2) is 4.39 Å². The van der Waals surface area contributed by atoms with E-state index in [4.69, 9.17) is 19.7 Å². The molecule has 0 aliphatic carbocycles. The second-order valence-corrected chi connectivity index (χ2v) is 11.2. The van der Waals surface area contributed by atoms with E-state index in [9.17, 15) is 9.18 Å². The minimum absolute atomic E-state index is 0.255. The van der Waals surface area contributed by atoms with Crippen molar-refractivity contribution in [1.82, 2.24) is 24.6 Å². The number of fused-ring (bicyclic) bond motifs is 2. The molecule has 0 saturated carbocycles. The maximum Gasteiger partial charge on any atom is 0.283 e. The van der Waals surface area contributed by atoms with Gasteiger partial charge in [-0.15, -0.1) is 0 Å². The quantitative estimate of drug-likeness (QED) is 0.197. The van der Waals surface area contributed by atoms with Crippen LogP contribution in [0.15, 0.2) is 73.3 Å². The molecular weight excluding hydrogens is 559 g/mol. The number of hydrogen-bond acceptors (Lipinski definition) is 8. The van der Waals surface area contributed by atoms with E-state index in [1.54, 1.807) is 30.0 Å². The number of aromatic nitrogens is 5. The number of benzene rings is 2. The van der Waals surface area contributed by atoms with Crippen LogP contribution in [0.25, 0.3) is 27.7 Å². The number of piperidine rings is 1. The van der Waals surface area contributed by atoms with Crippen LogP contribution in [0.5, 0.6) is 0 Å². The number of halogens is 1. The lowest BCUT2D eigenvalue weighted by molar-refractivity contribution is -0.114. The van der Waals surface area contributed by atoms with E-state index in [-0.39, 0.29) is 12.0 Å². The highest BCUT2D eigenvalue weighted by molar-refractivity contribution is 6.04. The Kier molecular flexibility index (Phi) is 8.21. The molecule has 0 unspecified atom stereocenters. The predicted molar refractivity (Wildman–Crippen MR) is 170 cm³/mol. The first-order chi connectivity index (χ1) is 21.3. The number of methoxy groups -OCH3 is 1. The zero-order valence-corrected chi connectivity index (χ0v) is 25.0. The van der Waals surface area contributed by atoms with Crippen molar-refractivity contribution < 1.29 is 13.9 Å². The first-order valence-electron chi connectivity index (χ1n) is 14.7. The molecule has 0 atom stereocenters. The van der Waals surface area contributed by atoms with Gasteiger partial charge in [-0.05, 0) is 47.9 Å². The Morgan fingerprint density at radius 3 is 2.68 bits per heavy atom. The number of carbonyl (C=O) groups is 1. The van der Waals surface area contributed by atoms with Gasteiger partial charge in [-0.3, -0.25) is 9.78 Å². The Bertz CT molecular complexity index is 1850.